The zero-order valence-corrected chi connectivity index (χ0v) is 12.3. The third kappa shape index (κ3) is 3.75. The highest BCUT2D eigenvalue weighted by atomic mass is 32.5. The molecule has 0 fully saturated rings. The van der Waals surface area contributed by atoms with Crippen LogP contribution >= 0.6 is 10.2 Å². The molecule has 0 spiro atoms. The van der Waals surface area contributed by atoms with E-state index in [0.29, 0.717) is 29.2 Å². The molecule has 116 valence electrons. The summed E-state index contributed by atoms with van der Waals surface area (Å²) in [5.41, 5.74) is 2.26. The molecule has 21 heavy (non-hydrogen) atoms. The molecule has 0 radical (unpaired) electrons. The maximum atomic E-state index is 12.6. The van der Waals surface area contributed by atoms with Crippen molar-refractivity contribution >= 4 is 10.2 Å². The Hall–Kier alpha value is -1.56. The molecule has 0 bridgehead atoms. The molecular formula is C15H15F5S. The van der Waals surface area contributed by atoms with E-state index in [1.807, 2.05) is 26.0 Å². The zero-order valence-electron chi connectivity index (χ0n) is 11.5. The first-order chi connectivity index (χ1) is 9.36. The van der Waals surface area contributed by atoms with Gasteiger partial charge in [-0.25, -0.2) is 0 Å². The minimum Gasteiger partial charge on any atom is -0.0936 e. The van der Waals surface area contributed by atoms with Gasteiger partial charge in [-0.05, 0) is 34.7 Å². The Morgan fingerprint density at radius 3 is 1.38 bits per heavy atom. The van der Waals surface area contributed by atoms with E-state index in [0.717, 1.165) is 17.7 Å². The molecular weight excluding hydrogens is 307 g/mol. The van der Waals surface area contributed by atoms with Gasteiger partial charge in [0.05, 0.1) is 0 Å². The molecule has 0 N–H and O–H groups in total. The quantitative estimate of drug-likeness (QED) is 0.527. The summed E-state index contributed by atoms with van der Waals surface area (Å²) >= 11 is 0. The van der Waals surface area contributed by atoms with Gasteiger partial charge in [0, 0.05) is 0 Å². The van der Waals surface area contributed by atoms with Gasteiger partial charge in [-0.2, -0.15) is 0 Å². The van der Waals surface area contributed by atoms with E-state index in [9.17, 15) is 19.4 Å². The minimum atomic E-state index is -9.59. The second-order valence-corrected chi connectivity index (χ2v) is 7.68. The fourth-order valence-corrected chi connectivity index (χ4v) is 2.62. The van der Waals surface area contributed by atoms with Crippen LogP contribution in [0, 0.1) is 0 Å². The monoisotopic (exact) mass is 322 g/mol. The Labute approximate surface area is 120 Å². The van der Waals surface area contributed by atoms with E-state index in [2.05, 4.69) is 0 Å². The third-order valence-corrected chi connectivity index (χ3v) is 4.37. The average Bonchev–Trinajstić information content (AvgIpc) is 2.36. The number of halogens is 5. The van der Waals surface area contributed by atoms with Crippen molar-refractivity contribution in [3.8, 4) is 11.1 Å². The fourth-order valence-electron chi connectivity index (χ4n) is 1.97. The predicted molar refractivity (Wildman–Crippen MR) is 77.4 cm³/mol. The molecule has 2 aromatic rings. The standard InChI is InChI=1S/C15H15F5S/c1-11(2)12-3-5-13(6-4-12)14-7-9-15(10-8-14)21(16,17,18,19)20/h3-11H,1-2H3. The lowest BCUT2D eigenvalue weighted by Gasteiger charge is -2.40. The lowest BCUT2D eigenvalue weighted by atomic mass is 9.99. The Morgan fingerprint density at radius 1 is 0.667 bits per heavy atom. The van der Waals surface area contributed by atoms with Gasteiger partial charge in [0.2, 0.25) is 0 Å². The highest BCUT2D eigenvalue weighted by Crippen LogP contribution is 3.02. The summed E-state index contributed by atoms with van der Waals surface area (Å²) in [5.74, 6) is 0.342. The van der Waals surface area contributed by atoms with E-state index in [1.54, 1.807) is 12.1 Å². The summed E-state index contributed by atoms with van der Waals surface area (Å²) in [6.45, 7) is 4.05. The Morgan fingerprint density at radius 2 is 1.05 bits per heavy atom. The molecule has 0 saturated carbocycles. The molecule has 0 amide bonds. The molecule has 0 unspecified atom stereocenters. The van der Waals surface area contributed by atoms with E-state index < -0.39 is 15.1 Å². The van der Waals surface area contributed by atoms with Crippen molar-refractivity contribution in [2.24, 2.45) is 0 Å². The summed E-state index contributed by atoms with van der Waals surface area (Å²) in [5, 5.41) is 0. The second-order valence-electron chi connectivity index (χ2n) is 5.27. The molecule has 0 aliphatic heterocycles. The van der Waals surface area contributed by atoms with Crippen molar-refractivity contribution in [3.05, 3.63) is 54.1 Å². The molecule has 0 aromatic heterocycles. The van der Waals surface area contributed by atoms with Crippen molar-refractivity contribution in [1.29, 1.82) is 0 Å². The predicted octanol–water partition coefficient (Wildman–Crippen LogP) is 7.13. The van der Waals surface area contributed by atoms with Crippen LogP contribution in [0.15, 0.2) is 53.4 Å². The second kappa shape index (κ2) is 4.22. The topological polar surface area (TPSA) is 0 Å². The number of hydrogen-bond donors (Lipinski definition) is 0. The van der Waals surface area contributed by atoms with Crippen LogP contribution < -0.4 is 0 Å². The van der Waals surface area contributed by atoms with Crippen LogP contribution in [-0.4, -0.2) is 0 Å². The van der Waals surface area contributed by atoms with Gasteiger partial charge in [-0.1, -0.05) is 69.7 Å². The van der Waals surface area contributed by atoms with Crippen LogP contribution in [0.2, 0.25) is 0 Å². The van der Waals surface area contributed by atoms with Gasteiger partial charge in [-0.3, -0.25) is 0 Å². The smallest absolute Gasteiger partial charge is 0.0936 e. The van der Waals surface area contributed by atoms with Gasteiger partial charge >= 0.3 is 10.2 Å². The van der Waals surface area contributed by atoms with Gasteiger partial charge in [0.1, 0.15) is 4.90 Å². The maximum absolute atomic E-state index is 12.6. The normalized spacial score (nSPS) is 15.6. The number of benzene rings is 2. The van der Waals surface area contributed by atoms with Gasteiger partial charge < -0.3 is 0 Å². The van der Waals surface area contributed by atoms with Crippen LogP contribution in [0.1, 0.15) is 25.3 Å². The summed E-state index contributed by atoms with van der Waals surface area (Å²) in [6.07, 6.45) is 0. The lowest BCUT2D eigenvalue weighted by molar-refractivity contribution is 0.364. The first-order valence-electron chi connectivity index (χ1n) is 6.31. The number of rotatable bonds is 3. The summed E-state index contributed by atoms with van der Waals surface area (Å²) in [6, 6.07) is 10.3. The minimum absolute atomic E-state index is 0.342. The van der Waals surface area contributed by atoms with Gasteiger partial charge in [0.25, 0.3) is 0 Å². The Balaban J connectivity index is 2.36. The Bertz CT molecular complexity index is 639. The summed E-state index contributed by atoms with van der Waals surface area (Å²) in [4.78, 5) is -1.86. The Kier molecular flexibility index (Phi) is 3.18. The number of hydrogen-bond acceptors (Lipinski definition) is 0. The molecule has 0 aliphatic carbocycles. The van der Waals surface area contributed by atoms with Crippen molar-refractivity contribution < 1.29 is 19.4 Å². The molecule has 0 saturated heterocycles. The van der Waals surface area contributed by atoms with Gasteiger partial charge in [0.15, 0.2) is 0 Å². The largest absolute Gasteiger partial charge is 0.310 e. The van der Waals surface area contributed by atoms with Crippen LogP contribution in [0.25, 0.3) is 11.1 Å². The lowest BCUT2D eigenvalue weighted by Crippen LogP contribution is -2.05. The highest BCUT2D eigenvalue weighted by molar-refractivity contribution is 8.45. The first-order valence-corrected chi connectivity index (χ1v) is 8.26. The molecule has 0 atom stereocenters. The molecule has 0 heterocycles. The van der Waals surface area contributed by atoms with E-state index in [4.69, 9.17) is 0 Å². The zero-order chi connectivity index (χ0) is 16.0. The summed E-state index contributed by atoms with van der Waals surface area (Å²) in [7, 11) is -9.59. The van der Waals surface area contributed by atoms with Gasteiger partial charge in [-0.15, -0.1) is 0 Å². The first kappa shape index (κ1) is 15.8. The van der Waals surface area contributed by atoms with Crippen LogP contribution in [-0.2, 0) is 0 Å². The summed E-state index contributed by atoms with van der Waals surface area (Å²) < 4.78 is 63.1. The van der Waals surface area contributed by atoms with Crippen LogP contribution in [0.5, 0.6) is 0 Å². The molecule has 0 nitrogen and oxygen atoms in total. The maximum Gasteiger partial charge on any atom is 0.310 e. The molecule has 0 aliphatic rings. The molecule has 2 aromatic carbocycles. The van der Waals surface area contributed by atoms with Crippen LogP contribution in [0.4, 0.5) is 19.4 Å². The third-order valence-electron chi connectivity index (χ3n) is 3.21. The highest BCUT2D eigenvalue weighted by Gasteiger charge is 2.65. The van der Waals surface area contributed by atoms with E-state index in [1.165, 1.54) is 0 Å². The SMILES string of the molecule is CC(C)c1ccc(-c2ccc(S(F)(F)(F)(F)F)cc2)cc1. The van der Waals surface area contributed by atoms with Crippen molar-refractivity contribution in [2.75, 3.05) is 0 Å². The van der Waals surface area contributed by atoms with Crippen molar-refractivity contribution in [3.63, 3.8) is 0 Å². The average molecular weight is 322 g/mol. The van der Waals surface area contributed by atoms with Crippen molar-refractivity contribution in [2.45, 2.75) is 24.7 Å². The molecule has 6 heteroatoms. The fraction of sp³-hybridized carbons (Fsp3) is 0.200. The van der Waals surface area contributed by atoms with E-state index >= 15 is 0 Å². The molecule has 2 rings (SSSR count). The van der Waals surface area contributed by atoms with E-state index in [-0.39, 0.29) is 0 Å². The van der Waals surface area contributed by atoms with Crippen molar-refractivity contribution in [1.82, 2.24) is 0 Å². The van der Waals surface area contributed by atoms with Crippen LogP contribution in [0.3, 0.4) is 0 Å².